The Hall–Kier alpha value is -6.82. The molecule has 2 bridgehead atoms. The number of aliphatic hydroxyl groups excluding tert-OH is 3. The lowest BCUT2D eigenvalue weighted by molar-refractivity contribution is -0.144. The van der Waals surface area contributed by atoms with Crippen molar-refractivity contribution in [2.24, 2.45) is 35.3 Å². The second-order valence-corrected chi connectivity index (χ2v) is 24.9. The maximum Gasteiger partial charge on any atom is 0.306 e. The van der Waals surface area contributed by atoms with E-state index < -0.39 is 200 Å². The van der Waals surface area contributed by atoms with E-state index in [-0.39, 0.29) is 63.1 Å². The van der Waals surface area contributed by atoms with E-state index >= 15 is 4.21 Å². The van der Waals surface area contributed by atoms with Crippen LogP contribution in [0.15, 0.2) is 17.2 Å². The maximum absolute atomic E-state index is 15.2. The van der Waals surface area contributed by atoms with E-state index in [1.54, 1.807) is 13.8 Å². The van der Waals surface area contributed by atoms with E-state index in [4.69, 9.17) is 10.8 Å². The summed E-state index contributed by atoms with van der Waals surface area (Å²) < 4.78 is 15.2. The van der Waals surface area contributed by atoms with Gasteiger partial charge >= 0.3 is 5.97 Å². The Kier molecular flexibility index (Phi) is 26.5. The SMILES string of the molecule is CC[C@H](C)[C@@H]1CC(=O)CNC(=O)[C@H]2CC(=O)[C@H]([C@@H](C)[C@@H](O)CO)NC(=O)[C@@H]3C[C@@H](O)CN3C(=O)[C@H](CC(N)=O)NC(=O)[C@H](CS(=O)c3[nH]c4c(CSCCCC(=O)CCCCCNC(=O)CC(C)C(=O)O)c(O)ccc4c3C2)NC(=O)CNC1=O. The number of hydrogen-bond donors (Lipinski definition) is 13. The number of thioether (sulfide) groups is 1. The molecule has 470 valence electrons. The lowest BCUT2D eigenvalue weighted by Gasteiger charge is -2.32. The zero-order valence-corrected chi connectivity index (χ0v) is 49.9. The minimum absolute atomic E-state index is 0.0130. The van der Waals surface area contributed by atoms with Crippen molar-refractivity contribution >= 4 is 104 Å². The van der Waals surface area contributed by atoms with E-state index in [1.807, 2.05) is 0 Å². The van der Waals surface area contributed by atoms with Crippen LogP contribution in [0.4, 0.5) is 0 Å². The number of ketones is 3. The Labute approximate surface area is 498 Å². The molecular formula is C56H81N9O18S2. The highest BCUT2D eigenvalue weighted by atomic mass is 32.2. The summed E-state index contributed by atoms with van der Waals surface area (Å²) in [5.41, 5.74) is 6.17. The summed E-state index contributed by atoms with van der Waals surface area (Å²) in [6.07, 6.45) is -2.85. The molecule has 3 aliphatic rings. The second kappa shape index (κ2) is 32.6. The number of Topliss-reactive ketones (excluding diaryl/α,β-unsaturated/α-hetero) is 3. The molecular weight excluding hydrogens is 1150 g/mol. The Balaban J connectivity index is 1.57. The number of carbonyl (C=O) groups is 12. The van der Waals surface area contributed by atoms with Gasteiger partial charge in [-0.25, -0.2) is 0 Å². The molecule has 0 spiro atoms. The van der Waals surface area contributed by atoms with Crippen LogP contribution in [-0.4, -0.2) is 191 Å². The number of nitrogens with one attached hydrogen (secondary N) is 7. The topological polar surface area (TPSA) is 440 Å². The number of benzene rings is 1. The molecule has 14 N–H and O–H groups in total. The maximum atomic E-state index is 15.2. The molecule has 0 radical (unpaired) electrons. The quantitative estimate of drug-likeness (QED) is 0.0605. The molecule has 1 aromatic heterocycles. The number of hydrogen-bond acceptors (Lipinski definition) is 18. The third kappa shape index (κ3) is 19.6. The lowest BCUT2D eigenvalue weighted by atomic mass is 9.85. The summed E-state index contributed by atoms with van der Waals surface area (Å²) in [7, 11) is -2.46. The monoisotopic (exact) mass is 1230 g/mol. The van der Waals surface area contributed by atoms with Gasteiger partial charge in [0.15, 0.2) is 11.6 Å². The molecule has 5 rings (SSSR count). The number of unbranched alkanes of at least 4 members (excludes halogenated alkanes) is 2. The van der Waals surface area contributed by atoms with Crippen LogP contribution >= 0.6 is 11.8 Å². The van der Waals surface area contributed by atoms with Crippen LogP contribution in [0.2, 0.25) is 0 Å². The zero-order valence-electron chi connectivity index (χ0n) is 48.2. The van der Waals surface area contributed by atoms with Crippen LogP contribution in [0.1, 0.15) is 116 Å². The first-order valence-corrected chi connectivity index (χ1v) is 31.1. The zero-order chi connectivity index (χ0) is 62.8. The van der Waals surface area contributed by atoms with Gasteiger partial charge in [0.2, 0.25) is 47.3 Å². The average Bonchev–Trinajstić information content (AvgIpc) is 2.14. The van der Waals surface area contributed by atoms with E-state index in [0.29, 0.717) is 50.8 Å². The van der Waals surface area contributed by atoms with Gasteiger partial charge in [0.25, 0.3) is 0 Å². The number of carbonyl (C=O) groups excluding carboxylic acids is 11. The molecule has 27 nitrogen and oxygen atoms in total. The lowest BCUT2D eigenvalue weighted by Crippen LogP contribution is -2.60. The molecule has 0 saturated carbocycles. The summed E-state index contributed by atoms with van der Waals surface area (Å²) >= 11 is 1.35. The summed E-state index contributed by atoms with van der Waals surface area (Å²) in [6, 6.07) is -4.22. The number of aliphatic hydroxyl groups is 3. The van der Waals surface area contributed by atoms with Crippen molar-refractivity contribution < 1.29 is 87.3 Å². The molecule has 29 heteroatoms. The molecule has 2 unspecified atom stereocenters. The van der Waals surface area contributed by atoms with Crippen molar-refractivity contribution in [2.75, 3.05) is 44.3 Å². The number of amides is 8. The Morgan fingerprint density at radius 2 is 1.59 bits per heavy atom. The van der Waals surface area contributed by atoms with Crippen molar-refractivity contribution in [3.8, 4) is 5.75 Å². The third-order valence-electron chi connectivity index (χ3n) is 15.8. The highest BCUT2D eigenvalue weighted by Gasteiger charge is 2.45. The fourth-order valence-electron chi connectivity index (χ4n) is 10.5. The third-order valence-corrected chi connectivity index (χ3v) is 18.3. The van der Waals surface area contributed by atoms with E-state index in [0.717, 1.165) is 4.90 Å². The van der Waals surface area contributed by atoms with E-state index in [2.05, 4.69) is 36.9 Å². The highest BCUT2D eigenvalue weighted by Crippen LogP contribution is 2.37. The number of fused-ring (bicyclic) bond motifs is 5. The predicted octanol–water partition coefficient (Wildman–Crippen LogP) is -1.37. The molecule has 1 fully saturated rings. The van der Waals surface area contributed by atoms with Gasteiger partial charge in [-0.2, -0.15) is 11.8 Å². The van der Waals surface area contributed by atoms with Gasteiger partial charge in [0.1, 0.15) is 34.7 Å². The van der Waals surface area contributed by atoms with Crippen LogP contribution in [-0.2, 0) is 80.5 Å². The predicted molar refractivity (Wildman–Crippen MR) is 308 cm³/mol. The molecule has 3 aliphatic heterocycles. The van der Waals surface area contributed by atoms with Crippen molar-refractivity contribution in [1.29, 1.82) is 0 Å². The second-order valence-electron chi connectivity index (χ2n) is 22.3. The van der Waals surface area contributed by atoms with Gasteiger partial charge in [-0.15, -0.1) is 0 Å². The van der Waals surface area contributed by atoms with Gasteiger partial charge in [0.05, 0.1) is 72.4 Å². The minimum Gasteiger partial charge on any atom is -0.508 e. The van der Waals surface area contributed by atoms with E-state index in [1.165, 1.54) is 37.7 Å². The van der Waals surface area contributed by atoms with E-state index in [9.17, 15) is 78.0 Å². The number of nitrogens with two attached hydrogens (primary N) is 1. The summed E-state index contributed by atoms with van der Waals surface area (Å²) in [4.78, 5) is 167. The van der Waals surface area contributed by atoms with Crippen molar-refractivity contribution in [1.82, 2.24) is 41.8 Å². The van der Waals surface area contributed by atoms with Gasteiger partial charge in [0, 0.05) is 86.1 Å². The van der Waals surface area contributed by atoms with Crippen LogP contribution < -0.4 is 37.6 Å². The summed E-state index contributed by atoms with van der Waals surface area (Å²) in [5.74, 6) is -15.5. The van der Waals surface area contributed by atoms with Crippen LogP contribution in [0.3, 0.4) is 0 Å². The number of carboxylic acid groups (broad SMARTS) is 1. The standard InChI is InChI=1S/C56H81N9O18S2/c1-5-28(2)36-19-33(68)22-59-50(76)31-17-37-35-12-13-42(70)38(26-84-15-9-11-32(67)10-7-6-8-14-58-46(74)16-29(3)56(81)82)49(35)64-54(37)85(83)27-40(61-47(75)23-60-51(36)77)52(78)62-39(21-45(57)73)55(80)65-24-34(69)20-41(65)53(79)63-48(43(71)18-31)30(4)44(72)25-66/h12-13,28-31,34,36,39-41,44,48,64,66,69-70,72H,5-11,14-27H2,1-4H3,(H2,57,73)(H,58,74)(H,59,76)(H,60,77)(H,61,75)(H,62,78)(H,63,79)(H,81,82)/t28-,29?,30-,31+,34+,36-,39-,40-,41-,44-,48-,85?/m0/s1. The fraction of sp³-hybridized carbons (Fsp3) is 0.643. The Morgan fingerprint density at radius 3 is 2.27 bits per heavy atom. The van der Waals surface area contributed by atoms with Crippen molar-refractivity contribution in [3.63, 3.8) is 0 Å². The van der Waals surface area contributed by atoms with Crippen LogP contribution in [0.25, 0.3) is 10.9 Å². The number of phenolic OH excluding ortho intramolecular Hbond substituents is 1. The first-order valence-electron chi connectivity index (χ1n) is 28.6. The molecule has 8 amide bonds. The number of rotatable bonds is 22. The normalized spacial score (nSPS) is 24.8. The van der Waals surface area contributed by atoms with Gasteiger partial charge in [-0.05, 0) is 55.1 Å². The highest BCUT2D eigenvalue weighted by molar-refractivity contribution is 7.98. The summed E-state index contributed by atoms with van der Waals surface area (Å²) in [6.45, 7) is 3.77. The first-order chi connectivity index (χ1) is 40.2. The molecule has 4 heterocycles. The number of H-pyrrole nitrogens is 1. The largest absolute Gasteiger partial charge is 0.508 e. The molecule has 1 aromatic carbocycles. The number of carboxylic acids is 1. The number of primary amides is 1. The van der Waals surface area contributed by atoms with Crippen LogP contribution in [0, 0.1) is 29.6 Å². The van der Waals surface area contributed by atoms with Gasteiger partial charge < -0.3 is 73.1 Å². The molecule has 0 aliphatic carbocycles. The smallest absolute Gasteiger partial charge is 0.306 e. The molecule has 12 atom stereocenters. The summed E-state index contributed by atoms with van der Waals surface area (Å²) in [5, 5.41) is 67.6. The van der Waals surface area contributed by atoms with Crippen molar-refractivity contribution in [3.05, 3.63) is 23.3 Å². The minimum atomic E-state index is -2.46. The number of phenols is 1. The number of aromatic nitrogens is 1. The number of aromatic amines is 1. The van der Waals surface area contributed by atoms with Crippen LogP contribution in [0.5, 0.6) is 5.75 Å². The van der Waals surface area contributed by atoms with Crippen molar-refractivity contribution in [2.45, 2.75) is 158 Å². The first kappa shape index (κ1) is 69.0. The Bertz CT molecular complexity index is 2850. The number of aliphatic carboxylic acids is 1. The molecule has 1 saturated heterocycles. The molecule has 2 aromatic rings. The molecule has 85 heavy (non-hydrogen) atoms. The number of nitrogens with zero attached hydrogens (tertiary/aromatic N) is 1. The average molecular weight is 1230 g/mol. The van der Waals surface area contributed by atoms with Gasteiger partial charge in [-0.1, -0.05) is 40.5 Å². The fourth-order valence-corrected chi connectivity index (χ4v) is 12.9. The van der Waals surface area contributed by atoms with Gasteiger partial charge in [-0.3, -0.25) is 61.7 Å². The Morgan fingerprint density at radius 1 is 0.882 bits per heavy atom. The number of aromatic hydroxyl groups is 1.